The molecule has 3 rings (SSSR count). The van der Waals surface area contributed by atoms with Gasteiger partial charge in [0, 0.05) is 31.4 Å². The average molecular weight is 357 g/mol. The maximum Gasteiger partial charge on any atom is 0.216 e. The molecule has 1 aliphatic heterocycles. The van der Waals surface area contributed by atoms with Gasteiger partial charge in [-0.2, -0.15) is 10.5 Å². The lowest BCUT2D eigenvalue weighted by Crippen LogP contribution is -2.36. The molecule has 0 unspecified atom stereocenters. The smallest absolute Gasteiger partial charge is 0.216 e. The molecule has 26 heavy (non-hydrogen) atoms. The number of aromatic amines is 1. The Labute approximate surface area is 150 Å². The van der Waals surface area contributed by atoms with Crippen LogP contribution in [0.4, 0.5) is 11.4 Å². The highest BCUT2D eigenvalue weighted by molar-refractivity contribution is 5.77. The number of rotatable bonds is 6. The molecule has 0 aliphatic carbocycles. The fourth-order valence-corrected chi connectivity index (χ4v) is 2.62. The van der Waals surface area contributed by atoms with Crippen LogP contribution in [0.15, 0.2) is 18.3 Å². The van der Waals surface area contributed by atoms with Gasteiger partial charge in [-0.1, -0.05) is 0 Å². The van der Waals surface area contributed by atoms with Gasteiger partial charge >= 0.3 is 0 Å². The van der Waals surface area contributed by atoms with Gasteiger partial charge in [-0.15, -0.1) is 10.2 Å². The predicted molar refractivity (Wildman–Crippen MR) is 94.0 cm³/mol. The number of anilines is 2. The second-order valence-corrected chi connectivity index (χ2v) is 5.37. The van der Waals surface area contributed by atoms with Gasteiger partial charge in [0.15, 0.2) is 0 Å². The first-order valence-corrected chi connectivity index (χ1v) is 7.96. The monoisotopic (exact) mass is 357 g/mol. The summed E-state index contributed by atoms with van der Waals surface area (Å²) < 4.78 is 16.4. The molecule has 10 nitrogen and oxygen atoms in total. The van der Waals surface area contributed by atoms with Gasteiger partial charge in [0.05, 0.1) is 38.8 Å². The van der Waals surface area contributed by atoms with E-state index in [0.29, 0.717) is 30.4 Å². The minimum absolute atomic E-state index is 0.205. The van der Waals surface area contributed by atoms with E-state index in [0.717, 1.165) is 18.8 Å². The summed E-state index contributed by atoms with van der Waals surface area (Å²) in [4.78, 5) is 2.19. The summed E-state index contributed by atoms with van der Waals surface area (Å²) in [5, 5.41) is 25.7. The van der Waals surface area contributed by atoms with E-state index in [-0.39, 0.29) is 11.4 Å². The van der Waals surface area contributed by atoms with Crippen LogP contribution >= 0.6 is 0 Å². The lowest BCUT2D eigenvalue weighted by Gasteiger charge is -2.30. The molecule has 1 aliphatic rings. The van der Waals surface area contributed by atoms with Crippen LogP contribution in [-0.2, 0) is 4.74 Å². The Morgan fingerprint density at radius 3 is 2.69 bits per heavy atom. The summed E-state index contributed by atoms with van der Waals surface area (Å²) in [6, 6.07) is 5.75. The summed E-state index contributed by atoms with van der Waals surface area (Å²) >= 11 is 0. The summed E-state index contributed by atoms with van der Waals surface area (Å²) in [5.41, 5.74) is 1.82. The number of hydrogen-bond acceptors (Lipinski definition) is 9. The summed E-state index contributed by atoms with van der Waals surface area (Å²) in [6.07, 6.45) is 1.50. The fraction of sp³-hybridized carbons (Fsp3) is 0.375. The molecule has 0 atom stereocenters. The van der Waals surface area contributed by atoms with Crippen molar-refractivity contribution < 1.29 is 14.2 Å². The third-order valence-corrected chi connectivity index (χ3v) is 3.93. The van der Waals surface area contributed by atoms with Crippen molar-refractivity contribution in [3.8, 4) is 17.6 Å². The average Bonchev–Trinajstić information content (AvgIpc) is 3.23. The van der Waals surface area contributed by atoms with Crippen molar-refractivity contribution in [1.29, 1.82) is 5.26 Å². The van der Waals surface area contributed by atoms with Crippen LogP contribution in [0.5, 0.6) is 11.5 Å². The Kier molecular flexibility index (Phi) is 5.50. The number of hydrogen-bond donors (Lipinski definition) is 2. The molecular weight excluding hydrogens is 338 g/mol. The zero-order valence-electron chi connectivity index (χ0n) is 14.5. The van der Waals surface area contributed by atoms with Gasteiger partial charge < -0.3 is 24.4 Å². The summed E-state index contributed by atoms with van der Waals surface area (Å²) in [5.74, 6) is 1.52. The number of morpholine rings is 1. The van der Waals surface area contributed by atoms with Crippen molar-refractivity contribution >= 4 is 16.9 Å². The second kappa shape index (κ2) is 8.17. The van der Waals surface area contributed by atoms with Crippen LogP contribution in [-0.4, -0.2) is 61.1 Å². The molecule has 0 amide bonds. The molecule has 1 fully saturated rings. The van der Waals surface area contributed by atoms with Gasteiger partial charge in [-0.3, -0.25) is 0 Å². The maximum atomic E-state index is 9.26. The molecule has 0 spiro atoms. The largest absolute Gasteiger partial charge is 0.494 e. The Balaban J connectivity index is 1.90. The Morgan fingerprint density at radius 1 is 1.31 bits per heavy atom. The number of benzene rings is 1. The maximum absolute atomic E-state index is 9.26. The Bertz CT molecular complexity index is 808. The molecule has 0 bridgehead atoms. The van der Waals surface area contributed by atoms with E-state index in [9.17, 15) is 5.26 Å². The summed E-state index contributed by atoms with van der Waals surface area (Å²) in [6.45, 7) is 2.90. The van der Waals surface area contributed by atoms with Gasteiger partial charge in [0.1, 0.15) is 23.1 Å². The number of nitrogens with zero attached hydrogens (tertiary/aromatic N) is 5. The van der Waals surface area contributed by atoms with E-state index in [2.05, 4.69) is 30.8 Å². The van der Waals surface area contributed by atoms with Crippen LogP contribution in [0.1, 0.15) is 5.82 Å². The van der Waals surface area contributed by atoms with E-state index in [4.69, 9.17) is 14.2 Å². The first-order valence-electron chi connectivity index (χ1n) is 7.96. The number of allylic oxidation sites excluding steroid dienone is 1. The number of nitrogens with one attached hydrogen (secondary N) is 2. The molecule has 2 aromatic rings. The molecule has 1 aromatic heterocycles. The number of aromatic nitrogens is 4. The van der Waals surface area contributed by atoms with E-state index in [1.807, 2.05) is 18.2 Å². The number of nitriles is 1. The third kappa shape index (κ3) is 3.68. The minimum Gasteiger partial charge on any atom is -0.494 e. The second-order valence-electron chi connectivity index (χ2n) is 5.37. The number of methoxy groups -OCH3 is 2. The lowest BCUT2D eigenvalue weighted by atomic mass is 10.2. The molecule has 1 aromatic carbocycles. The van der Waals surface area contributed by atoms with E-state index in [1.165, 1.54) is 6.20 Å². The highest BCUT2D eigenvalue weighted by Crippen LogP contribution is 2.39. The highest BCUT2D eigenvalue weighted by atomic mass is 16.5. The molecule has 1 saturated heterocycles. The molecule has 2 heterocycles. The normalized spacial score (nSPS) is 14.7. The first-order chi connectivity index (χ1) is 12.8. The molecular formula is C16H19N7O3. The summed E-state index contributed by atoms with van der Waals surface area (Å²) in [7, 11) is 3.20. The molecule has 0 saturated carbocycles. The van der Waals surface area contributed by atoms with Crippen LogP contribution in [0.3, 0.4) is 0 Å². The van der Waals surface area contributed by atoms with Crippen LogP contribution in [0.2, 0.25) is 0 Å². The van der Waals surface area contributed by atoms with Crippen molar-refractivity contribution in [2.75, 3.05) is 50.7 Å². The quantitative estimate of drug-likeness (QED) is 0.730. The first kappa shape index (κ1) is 17.5. The van der Waals surface area contributed by atoms with Crippen LogP contribution in [0.25, 0.3) is 5.57 Å². The minimum atomic E-state index is 0.205. The van der Waals surface area contributed by atoms with Gasteiger partial charge in [0.2, 0.25) is 5.82 Å². The SMILES string of the molecule is COc1cc(N2CCOCC2)c(OC)cc1NC=C(C#N)c1nn[nH]n1. The van der Waals surface area contributed by atoms with Crippen molar-refractivity contribution in [1.82, 2.24) is 20.6 Å². The van der Waals surface area contributed by atoms with Crippen molar-refractivity contribution in [2.24, 2.45) is 0 Å². The number of H-pyrrole nitrogens is 1. The lowest BCUT2D eigenvalue weighted by molar-refractivity contribution is 0.122. The number of ether oxygens (including phenoxy) is 3. The third-order valence-electron chi connectivity index (χ3n) is 3.93. The van der Waals surface area contributed by atoms with Crippen molar-refractivity contribution in [3.05, 3.63) is 24.2 Å². The molecule has 136 valence electrons. The van der Waals surface area contributed by atoms with Gasteiger partial charge in [0.25, 0.3) is 0 Å². The van der Waals surface area contributed by atoms with E-state index >= 15 is 0 Å². The Hall–Kier alpha value is -3.32. The zero-order valence-corrected chi connectivity index (χ0v) is 14.5. The molecule has 2 N–H and O–H groups in total. The topological polar surface area (TPSA) is 121 Å². The Morgan fingerprint density at radius 2 is 2.08 bits per heavy atom. The molecule has 10 heteroatoms. The highest BCUT2D eigenvalue weighted by Gasteiger charge is 2.19. The van der Waals surface area contributed by atoms with Crippen molar-refractivity contribution in [3.63, 3.8) is 0 Å². The predicted octanol–water partition coefficient (Wildman–Crippen LogP) is 1.03. The van der Waals surface area contributed by atoms with Crippen LogP contribution < -0.4 is 19.7 Å². The van der Waals surface area contributed by atoms with Crippen molar-refractivity contribution in [2.45, 2.75) is 0 Å². The zero-order chi connectivity index (χ0) is 18.4. The fourth-order valence-electron chi connectivity index (χ4n) is 2.62. The van der Waals surface area contributed by atoms with Crippen LogP contribution in [0, 0.1) is 11.3 Å². The standard InChI is InChI=1S/C16H19N7O3/c1-24-14-8-13(23-3-5-26-6-4-23)15(25-2)7-12(14)18-10-11(9-17)16-19-21-22-20-16/h7-8,10,18H,3-6H2,1-2H3,(H,19,20,21,22). The van der Waals surface area contributed by atoms with Gasteiger partial charge in [-0.25, -0.2) is 0 Å². The van der Waals surface area contributed by atoms with E-state index < -0.39 is 0 Å². The number of tetrazole rings is 1. The van der Waals surface area contributed by atoms with Gasteiger partial charge in [-0.05, 0) is 5.21 Å². The van der Waals surface area contributed by atoms with E-state index in [1.54, 1.807) is 14.2 Å². The molecule has 0 radical (unpaired) electrons.